The van der Waals surface area contributed by atoms with Crippen LogP contribution in [0.2, 0.25) is 0 Å². The summed E-state index contributed by atoms with van der Waals surface area (Å²) in [6, 6.07) is 0.376. The highest BCUT2D eigenvalue weighted by atomic mass is 79.9. The number of hydrogen-bond donors (Lipinski definition) is 1. The van der Waals surface area contributed by atoms with Crippen molar-refractivity contribution >= 4 is 21.9 Å². The molecule has 10 heteroatoms. The summed E-state index contributed by atoms with van der Waals surface area (Å²) in [7, 11) is 0. The molecule has 0 fully saturated rings. The van der Waals surface area contributed by atoms with Gasteiger partial charge in [0.05, 0.1) is 11.3 Å². The molecule has 0 bridgehead atoms. The standard InChI is InChI=1S/C9H5BrF5NO3/c10-2-4-5(19-9(13,14)15)1-3(8(17)18)6(16-4)7(11)12/h1,7H,2H2,(H,17,18). The Kier molecular flexibility index (Phi) is 4.66. The summed E-state index contributed by atoms with van der Waals surface area (Å²) in [5.41, 5.74) is -2.63. The van der Waals surface area contributed by atoms with Gasteiger partial charge < -0.3 is 9.84 Å². The van der Waals surface area contributed by atoms with Crippen molar-refractivity contribution in [1.29, 1.82) is 0 Å². The molecule has 1 heterocycles. The Hall–Kier alpha value is -1.45. The van der Waals surface area contributed by atoms with Crippen LogP contribution in [-0.4, -0.2) is 22.4 Å². The summed E-state index contributed by atoms with van der Waals surface area (Å²) in [5, 5.41) is 8.37. The summed E-state index contributed by atoms with van der Waals surface area (Å²) in [4.78, 5) is 13.9. The molecule has 0 aromatic carbocycles. The Bertz CT molecular complexity index is 491. The second-order valence-corrected chi connectivity index (χ2v) is 3.71. The van der Waals surface area contributed by atoms with E-state index in [2.05, 4.69) is 25.7 Å². The van der Waals surface area contributed by atoms with E-state index in [1.807, 2.05) is 0 Å². The maximum atomic E-state index is 12.6. The average Bonchev–Trinajstić information content (AvgIpc) is 2.25. The number of carbonyl (C=O) groups is 1. The number of aromatic carboxylic acids is 1. The fourth-order valence-electron chi connectivity index (χ4n) is 1.20. The van der Waals surface area contributed by atoms with Gasteiger partial charge >= 0.3 is 12.3 Å². The second-order valence-electron chi connectivity index (χ2n) is 3.15. The fraction of sp³-hybridized carbons (Fsp3) is 0.333. The molecule has 1 aromatic heterocycles. The third kappa shape index (κ3) is 4.01. The van der Waals surface area contributed by atoms with Crippen LogP contribution in [0, 0.1) is 0 Å². The quantitative estimate of drug-likeness (QED) is 0.667. The highest BCUT2D eigenvalue weighted by molar-refractivity contribution is 9.08. The number of aromatic nitrogens is 1. The van der Waals surface area contributed by atoms with Gasteiger partial charge in [-0.25, -0.2) is 18.6 Å². The van der Waals surface area contributed by atoms with Gasteiger partial charge in [-0.2, -0.15) is 0 Å². The molecule has 0 saturated carbocycles. The lowest BCUT2D eigenvalue weighted by atomic mass is 10.1. The van der Waals surface area contributed by atoms with Crippen molar-refractivity contribution in [3.05, 3.63) is 23.0 Å². The third-order valence-electron chi connectivity index (χ3n) is 1.88. The molecule has 0 aliphatic carbocycles. The molecule has 0 radical (unpaired) electrons. The molecule has 0 aliphatic heterocycles. The van der Waals surface area contributed by atoms with E-state index in [1.54, 1.807) is 0 Å². The summed E-state index contributed by atoms with van der Waals surface area (Å²) in [5.74, 6) is -2.76. The van der Waals surface area contributed by atoms with Crippen molar-refractivity contribution in [2.75, 3.05) is 0 Å². The number of pyridine rings is 1. The summed E-state index contributed by atoms with van der Waals surface area (Å²) in [6.07, 6.45) is -8.32. The Morgan fingerprint density at radius 2 is 2.05 bits per heavy atom. The molecule has 106 valence electrons. The number of carboxylic acid groups (broad SMARTS) is 1. The lowest BCUT2D eigenvalue weighted by molar-refractivity contribution is -0.275. The zero-order valence-electron chi connectivity index (χ0n) is 8.84. The topological polar surface area (TPSA) is 59.4 Å². The lowest BCUT2D eigenvalue weighted by Gasteiger charge is -2.14. The van der Waals surface area contributed by atoms with Crippen molar-refractivity contribution in [3.63, 3.8) is 0 Å². The third-order valence-corrected chi connectivity index (χ3v) is 2.41. The van der Waals surface area contributed by atoms with Gasteiger partial charge in [-0.05, 0) is 6.07 Å². The monoisotopic (exact) mass is 349 g/mol. The number of alkyl halides is 6. The first-order valence-corrected chi connectivity index (χ1v) is 5.64. The number of rotatable bonds is 4. The Balaban J connectivity index is 3.40. The lowest BCUT2D eigenvalue weighted by Crippen LogP contribution is -2.19. The Morgan fingerprint density at radius 3 is 2.42 bits per heavy atom. The van der Waals surface area contributed by atoms with Gasteiger partial charge in [0, 0.05) is 5.33 Å². The van der Waals surface area contributed by atoms with Gasteiger partial charge in [0.2, 0.25) is 0 Å². The Morgan fingerprint density at radius 1 is 1.47 bits per heavy atom. The van der Waals surface area contributed by atoms with Crippen molar-refractivity contribution in [3.8, 4) is 5.75 Å². The van der Waals surface area contributed by atoms with Gasteiger partial charge in [-0.15, -0.1) is 13.2 Å². The highest BCUT2D eigenvalue weighted by Gasteiger charge is 2.34. The molecule has 0 atom stereocenters. The SMILES string of the molecule is O=C(O)c1cc(OC(F)(F)F)c(CBr)nc1C(F)F. The van der Waals surface area contributed by atoms with E-state index in [9.17, 15) is 26.7 Å². The number of carboxylic acids is 1. The number of halogens is 6. The zero-order chi connectivity index (χ0) is 14.8. The van der Waals surface area contributed by atoms with E-state index in [0.717, 1.165) is 0 Å². The molecule has 0 spiro atoms. The molecule has 19 heavy (non-hydrogen) atoms. The van der Waals surface area contributed by atoms with Crippen molar-refractivity contribution in [1.82, 2.24) is 4.98 Å². The molecule has 1 aromatic rings. The molecule has 0 saturated heterocycles. The zero-order valence-corrected chi connectivity index (χ0v) is 10.4. The van der Waals surface area contributed by atoms with E-state index in [0.29, 0.717) is 6.07 Å². The molecule has 4 nitrogen and oxygen atoms in total. The van der Waals surface area contributed by atoms with E-state index >= 15 is 0 Å². The van der Waals surface area contributed by atoms with Gasteiger partial charge in [-0.1, -0.05) is 15.9 Å². The van der Waals surface area contributed by atoms with Crippen LogP contribution < -0.4 is 4.74 Å². The van der Waals surface area contributed by atoms with Crippen LogP contribution in [0.3, 0.4) is 0 Å². The van der Waals surface area contributed by atoms with Crippen LogP contribution in [0.5, 0.6) is 5.75 Å². The summed E-state index contributed by atoms with van der Waals surface area (Å²) >= 11 is 2.76. The maximum Gasteiger partial charge on any atom is 0.573 e. The normalized spacial score (nSPS) is 11.7. The first-order valence-electron chi connectivity index (χ1n) is 4.52. The highest BCUT2D eigenvalue weighted by Crippen LogP contribution is 2.31. The minimum absolute atomic E-state index is 0.308. The van der Waals surface area contributed by atoms with Gasteiger partial charge in [0.25, 0.3) is 6.43 Å². The van der Waals surface area contributed by atoms with Crippen LogP contribution in [0.25, 0.3) is 0 Å². The minimum atomic E-state index is -5.08. The predicted molar refractivity (Wildman–Crippen MR) is 55.5 cm³/mol. The van der Waals surface area contributed by atoms with E-state index in [4.69, 9.17) is 5.11 Å². The number of hydrogen-bond acceptors (Lipinski definition) is 3. The van der Waals surface area contributed by atoms with Gasteiger partial charge in [0.15, 0.2) is 5.75 Å². The molecule has 1 rings (SSSR count). The van der Waals surface area contributed by atoms with E-state index in [1.165, 1.54) is 0 Å². The van der Waals surface area contributed by atoms with Crippen molar-refractivity contribution in [2.24, 2.45) is 0 Å². The predicted octanol–water partition coefficient (Wildman–Crippen LogP) is 3.51. The van der Waals surface area contributed by atoms with Crippen LogP contribution >= 0.6 is 15.9 Å². The first kappa shape index (κ1) is 15.6. The van der Waals surface area contributed by atoms with Crippen LogP contribution in [-0.2, 0) is 5.33 Å². The van der Waals surface area contributed by atoms with Crippen LogP contribution in [0.1, 0.15) is 28.2 Å². The van der Waals surface area contributed by atoms with Gasteiger partial charge in [-0.3, -0.25) is 0 Å². The molecule has 0 aliphatic rings. The number of nitrogens with zero attached hydrogens (tertiary/aromatic N) is 1. The van der Waals surface area contributed by atoms with E-state index < -0.39 is 41.5 Å². The van der Waals surface area contributed by atoms with Crippen molar-refractivity contribution in [2.45, 2.75) is 18.1 Å². The minimum Gasteiger partial charge on any atom is -0.478 e. The van der Waals surface area contributed by atoms with Crippen LogP contribution in [0.4, 0.5) is 22.0 Å². The van der Waals surface area contributed by atoms with Crippen LogP contribution in [0.15, 0.2) is 6.07 Å². The molecule has 0 amide bonds. The average molecular weight is 350 g/mol. The number of ether oxygens (including phenoxy) is 1. The first-order chi connectivity index (χ1) is 8.65. The van der Waals surface area contributed by atoms with Gasteiger partial charge in [0.1, 0.15) is 5.69 Å². The molecular weight excluding hydrogens is 345 g/mol. The molecular formula is C9H5BrF5NO3. The maximum absolute atomic E-state index is 12.6. The van der Waals surface area contributed by atoms with Crippen molar-refractivity contribution < 1.29 is 36.6 Å². The fourth-order valence-corrected chi connectivity index (χ4v) is 1.60. The molecule has 0 unspecified atom stereocenters. The molecule has 1 N–H and O–H groups in total. The Labute approximate surface area is 111 Å². The largest absolute Gasteiger partial charge is 0.573 e. The second kappa shape index (κ2) is 5.68. The van der Waals surface area contributed by atoms with E-state index in [-0.39, 0.29) is 5.33 Å². The summed E-state index contributed by atoms with van der Waals surface area (Å²) < 4.78 is 65.0. The summed E-state index contributed by atoms with van der Waals surface area (Å²) in [6.45, 7) is 0. The smallest absolute Gasteiger partial charge is 0.478 e.